The first-order chi connectivity index (χ1) is 9.16. The third-order valence-electron chi connectivity index (χ3n) is 3.13. The number of carbonyl (C=O) groups is 2. The predicted octanol–water partition coefficient (Wildman–Crippen LogP) is 0.936. The van der Waals surface area contributed by atoms with Crippen molar-refractivity contribution in [1.82, 2.24) is 10.3 Å². The highest BCUT2D eigenvalue weighted by atomic mass is 16.5. The van der Waals surface area contributed by atoms with Crippen LogP contribution in [0.2, 0.25) is 0 Å². The van der Waals surface area contributed by atoms with Crippen LogP contribution in [0.5, 0.6) is 0 Å². The fraction of sp³-hybridized carbons (Fsp3) is 0.462. The zero-order valence-electron chi connectivity index (χ0n) is 10.5. The molecule has 1 aromatic rings. The van der Waals surface area contributed by atoms with Crippen LogP contribution in [0.4, 0.5) is 0 Å². The molecule has 0 unspecified atom stereocenters. The van der Waals surface area contributed by atoms with Gasteiger partial charge >= 0.3 is 5.97 Å². The summed E-state index contributed by atoms with van der Waals surface area (Å²) >= 11 is 0. The first-order valence-electron chi connectivity index (χ1n) is 6.22. The molecule has 0 saturated carbocycles. The highest BCUT2D eigenvalue weighted by molar-refractivity contribution is 5.96. The molecule has 2 N–H and O–H groups in total. The van der Waals surface area contributed by atoms with Gasteiger partial charge in [-0.05, 0) is 30.9 Å². The minimum Gasteiger partial charge on any atom is -0.477 e. The molecular weight excluding hydrogens is 248 g/mol. The summed E-state index contributed by atoms with van der Waals surface area (Å²) in [5, 5.41) is 11.6. The number of amides is 1. The summed E-state index contributed by atoms with van der Waals surface area (Å²) in [6, 6.07) is 2.79. The van der Waals surface area contributed by atoms with Crippen LogP contribution < -0.4 is 5.32 Å². The van der Waals surface area contributed by atoms with Crippen molar-refractivity contribution in [3.8, 4) is 0 Å². The topological polar surface area (TPSA) is 88.5 Å². The average molecular weight is 264 g/mol. The van der Waals surface area contributed by atoms with Gasteiger partial charge < -0.3 is 15.2 Å². The Labute approximate surface area is 110 Å². The summed E-state index contributed by atoms with van der Waals surface area (Å²) in [7, 11) is 0. The van der Waals surface area contributed by atoms with E-state index in [2.05, 4.69) is 10.3 Å². The third-order valence-corrected chi connectivity index (χ3v) is 3.13. The van der Waals surface area contributed by atoms with Gasteiger partial charge in [0, 0.05) is 31.5 Å². The van der Waals surface area contributed by atoms with Gasteiger partial charge in [0.2, 0.25) is 0 Å². The lowest BCUT2D eigenvalue weighted by Crippen LogP contribution is -2.32. The highest BCUT2D eigenvalue weighted by Crippen LogP contribution is 2.13. The van der Waals surface area contributed by atoms with E-state index in [-0.39, 0.29) is 11.6 Å². The van der Waals surface area contributed by atoms with Crippen LogP contribution in [0.1, 0.15) is 33.7 Å². The molecule has 6 nitrogen and oxygen atoms in total. The van der Waals surface area contributed by atoms with Crippen molar-refractivity contribution >= 4 is 11.9 Å². The molecule has 2 rings (SSSR count). The molecule has 0 radical (unpaired) electrons. The summed E-state index contributed by atoms with van der Waals surface area (Å²) in [6.45, 7) is 2.06. The molecule has 0 bridgehead atoms. The summed E-state index contributed by atoms with van der Waals surface area (Å²) in [6.07, 6.45) is 3.21. The number of carboxylic acids is 1. The maximum absolute atomic E-state index is 11.9. The number of hydrogen-bond acceptors (Lipinski definition) is 4. The van der Waals surface area contributed by atoms with E-state index in [4.69, 9.17) is 9.84 Å². The zero-order chi connectivity index (χ0) is 13.7. The SMILES string of the molecule is O=C(NCC1CCOCC1)c1ccnc(C(=O)O)c1. The molecule has 1 fully saturated rings. The maximum atomic E-state index is 11.9. The molecule has 0 aliphatic carbocycles. The van der Waals surface area contributed by atoms with Gasteiger partial charge in [-0.15, -0.1) is 0 Å². The fourth-order valence-electron chi connectivity index (χ4n) is 1.98. The molecule has 19 heavy (non-hydrogen) atoms. The number of nitrogens with one attached hydrogen (secondary N) is 1. The third kappa shape index (κ3) is 3.75. The van der Waals surface area contributed by atoms with E-state index in [0.717, 1.165) is 26.1 Å². The van der Waals surface area contributed by atoms with Crippen molar-refractivity contribution in [2.75, 3.05) is 19.8 Å². The molecule has 1 aliphatic rings. The lowest BCUT2D eigenvalue weighted by molar-refractivity contribution is 0.0642. The monoisotopic (exact) mass is 264 g/mol. The number of carboxylic acid groups (broad SMARTS) is 1. The fourth-order valence-corrected chi connectivity index (χ4v) is 1.98. The Morgan fingerprint density at radius 2 is 2.16 bits per heavy atom. The average Bonchev–Trinajstić information content (AvgIpc) is 2.46. The number of aromatic carboxylic acids is 1. The molecule has 0 spiro atoms. The number of ether oxygens (including phenoxy) is 1. The van der Waals surface area contributed by atoms with Crippen molar-refractivity contribution in [2.45, 2.75) is 12.8 Å². The van der Waals surface area contributed by atoms with Crippen molar-refractivity contribution in [3.63, 3.8) is 0 Å². The van der Waals surface area contributed by atoms with Crippen LogP contribution in [-0.4, -0.2) is 41.7 Å². The number of aromatic nitrogens is 1. The van der Waals surface area contributed by atoms with Crippen molar-refractivity contribution in [3.05, 3.63) is 29.6 Å². The number of hydrogen-bond donors (Lipinski definition) is 2. The largest absolute Gasteiger partial charge is 0.477 e. The van der Waals surface area contributed by atoms with Crippen LogP contribution in [-0.2, 0) is 4.74 Å². The van der Waals surface area contributed by atoms with Gasteiger partial charge in [-0.3, -0.25) is 4.79 Å². The van der Waals surface area contributed by atoms with Crippen molar-refractivity contribution in [1.29, 1.82) is 0 Å². The van der Waals surface area contributed by atoms with Gasteiger partial charge in [0.25, 0.3) is 5.91 Å². The highest BCUT2D eigenvalue weighted by Gasteiger charge is 2.16. The predicted molar refractivity (Wildman–Crippen MR) is 67.1 cm³/mol. The molecule has 1 saturated heterocycles. The van der Waals surface area contributed by atoms with Gasteiger partial charge in [-0.1, -0.05) is 0 Å². The minimum absolute atomic E-state index is 0.126. The van der Waals surface area contributed by atoms with Crippen molar-refractivity contribution in [2.24, 2.45) is 5.92 Å². The molecule has 6 heteroatoms. The lowest BCUT2D eigenvalue weighted by Gasteiger charge is -2.22. The Kier molecular flexibility index (Phi) is 4.46. The maximum Gasteiger partial charge on any atom is 0.354 e. The summed E-state index contributed by atoms with van der Waals surface area (Å²) in [5.74, 6) is -0.978. The molecule has 0 atom stereocenters. The normalized spacial score (nSPS) is 16.0. The number of rotatable bonds is 4. The van der Waals surface area contributed by atoms with E-state index >= 15 is 0 Å². The standard InChI is InChI=1S/C13H16N2O4/c16-12(15-8-9-2-5-19-6-3-9)10-1-4-14-11(7-10)13(17)18/h1,4,7,9H,2-3,5-6,8H2,(H,15,16)(H,17,18). The van der Waals surface area contributed by atoms with Crippen LogP contribution >= 0.6 is 0 Å². The number of nitrogens with zero attached hydrogens (tertiary/aromatic N) is 1. The molecule has 1 amide bonds. The second-order valence-electron chi connectivity index (χ2n) is 4.50. The number of carbonyl (C=O) groups excluding carboxylic acids is 1. The smallest absolute Gasteiger partial charge is 0.354 e. The molecule has 102 valence electrons. The summed E-state index contributed by atoms with van der Waals surface area (Å²) in [5.41, 5.74) is 0.193. The Balaban J connectivity index is 1.92. The summed E-state index contributed by atoms with van der Waals surface area (Å²) < 4.78 is 5.25. The Morgan fingerprint density at radius 3 is 2.84 bits per heavy atom. The lowest BCUT2D eigenvalue weighted by atomic mass is 10.0. The van der Waals surface area contributed by atoms with Gasteiger partial charge in [-0.2, -0.15) is 0 Å². The first-order valence-corrected chi connectivity index (χ1v) is 6.22. The van der Waals surface area contributed by atoms with E-state index in [1.54, 1.807) is 0 Å². The van der Waals surface area contributed by atoms with E-state index in [0.29, 0.717) is 18.0 Å². The van der Waals surface area contributed by atoms with Gasteiger partial charge in [0.1, 0.15) is 5.69 Å². The summed E-state index contributed by atoms with van der Waals surface area (Å²) in [4.78, 5) is 26.3. The Hall–Kier alpha value is -1.95. The molecule has 1 aliphatic heterocycles. The van der Waals surface area contributed by atoms with Crippen LogP contribution in [0.3, 0.4) is 0 Å². The van der Waals surface area contributed by atoms with E-state index in [1.165, 1.54) is 18.3 Å². The quantitative estimate of drug-likeness (QED) is 0.844. The number of pyridine rings is 1. The Morgan fingerprint density at radius 1 is 1.42 bits per heavy atom. The zero-order valence-corrected chi connectivity index (χ0v) is 10.5. The minimum atomic E-state index is -1.14. The van der Waals surface area contributed by atoms with E-state index in [9.17, 15) is 9.59 Å². The van der Waals surface area contributed by atoms with E-state index in [1.807, 2.05) is 0 Å². The van der Waals surface area contributed by atoms with Gasteiger partial charge in [0.05, 0.1) is 0 Å². The molecule has 0 aromatic carbocycles. The van der Waals surface area contributed by atoms with Gasteiger partial charge in [-0.25, -0.2) is 9.78 Å². The van der Waals surface area contributed by atoms with Gasteiger partial charge in [0.15, 0.2) is 0 Å². The van der Waals surface area contributed by atoms with Crippen LogP contribution in [0.15, 0.2) is 18.3 Å². The second kappa shape index (κ2) is 6.29. The first kappa shape index (κ1) is 13.5. The Bertz CT molecular complexity index is 469. The second-order valence-corrected chi connectivity index (χ2v) is 4.50. The molecule has 2 heterocycles. The van der Waals surface area contributed by atoms with Crippen LogP contribution in [0, 0.1) is 5.92 Å². The van der Waals surface area contributed by atoms with E-state index < -0.39 is 5.97 Å². The van der Waals surface area contributed by atoms with Crippen LogP contribution in [0.25, 0.3) is 0 Å². The molecular formula is C13H16N2O4. The molecule has 1 aromatic heterocycles. The van der Waals surface area contributed by atoms with Crippen molar-refractivity contribution < 1.29 is 19.4 Å².